The fraction of sp³-hybridized carbons (Fsp3) is 0.333. The zero-order valence-corrected chi connectivity index (χ0v) is 12.7. The van der Waals surface area contributed by atoms with Crippen LogP contribution in [-0.4, -0.2) is 11.1 Å². The van der Waals surface area contributed by atoms with Gasteiger partial charge in [0.2, 0.25) is 0 Å². The molecule has 19 heavy (non-hydrogen) atoms. The minimum Gasteiger partial charge on any atom is -0.349 e. The third-order valence-corrected chi connectivity index (χ3v) is 3.64. The van der Waals surface area contributed by atoms with Crippen LogP contribution in [0.25, 0.3) is 0 Å². The summed E-state index contributed by atoms with van der Waals surface area (Å²) in [5, 5.41) is 3.36. The van der Waals surface area contributed by atoms with Crippen LogP contribution in [0.4, 0.5) is 4.39 Å². The van der Waals surface area contributed by atoms with E-state index in [4.69, 9.17) is 0 Å². The maximum atomic E-state index is 13.7. The Hall–Kier alpha value is -1.13. The lowest BCUT2D eigenvalue weighted by Crippen LogP contribution is -2.17. The van der Waals surface area contributed by atoms with Gasteiger partial charge in [0.25, 0.3) is 0 Å². The summed E-state index contributed by atoms with van der Waals surface area (Å²) in [5.41, 5.74) is 1.91. The molecule has 2 rings (SSSR count). The first-order valence-electron chi connectivity index (χ1n) is 6.43. The number of halogens is 2. The molecule has 0 amide bonds. The molecule has 1 aromatic carbocycles. The number of nitrogens with zero attached hydrogens (tertiary/aromatic N) is 1. The van der Waals surface area contributed by atoms with E-state index in [2.05, 4.69) is 47.4 Å². The van der Waals surface area contributed by atoms with Gasteiger partial charge < -0.3 is 9.88 Å². The van der Waals surface area contributed by atoms with E-state index >= 15 is 0 Å². The fourth-order valence-corrected chi connectivity index (χ4v) is 2.51. The minimum absolute atomic E-state index is 0.168. The van der Waals surface area contributed by atoms with Crippen LogP contribution in [0.2, 0.25) is 0 Å². The topological polar surface area (TPSA) is 17.0 Å². The molecular weight excluding hydrogens is 307 g/mol. The summed E-state index contributed by atoms with van der Waals surface area (Å²) in [4.78, 5) is 0. The van der Waals surface area contributed by atoms with E-state index in [1.54, 1.807) is 6.07 Å². The lowest BCUT2D eigenvalue weighted by Gasteiger charge is -2.10. The molecule has 2 nitrogen and oxygen atoms in total. The van der Waals surface area contributed by atoms with Crippen LogP contribution in [0.1, 0.15) is 31.0 Å². The lowest BCUT2D eigenvalue weighted by molar-refractivity contribution is 0.590. The number of rotatable bonds is 5. The van der Waals surface area contributed by atoms with Crippen molar-refractivity contribution in [3.63, 3.8) is 0 Å². The van der Waals surface area contributed by atoms with Crippen LogP contribution >= 0.6 is 15.9 Å². The Bertz CT molecular complexity index is 551. The summed E-state index contributed by atoms with van der Waals surface area (Å²) in [6, 6.07) is 7.42. The van der Waals surface area contributed by atoms with Gasteiger partial charge in [-0.3, -0.25) is 0 Å². The van der Waals surface area contributed by atoms with Gasteiger partial charge in [-0.1, -0.05) is 22.9 Å². The van der Waals surface area contributed by atoms with Gasteiger partial charge in [-0.05, 0) is 43.3 Å². The van der Waals surface area contributed by atoms with Crippen molar-refractivity contribution in [3.8, 4) is 0 Å². The SMILES string of the molecule is CCNC(C)c1ccn(Cc2cc(Br)ccc2F)c1. The molecule has 0 aliphatic rings. The van der Waals surface area contributed by atoms with Gasteiger partial charge >= 0.3 is 0 Å². The van der Waals surface area contributed by atoms with E-state index in [1.165, 1.54) is 11.6 Å². The number of aromatic nitrogens is 1. The van der Waals surface area contributed by atoms with Crippen LogP contribution in [0.15, 0.2) is 41.1 Å². The van der Waals surface area contributed by atoms with Crippen LogP contribution in [0, 0.1) is 5.82 Å². The van der Waals surface area contributed by atoms with E-state index in [1.807, 2.05) is 16.8 Å². The van der Waals surface area contributed by atoms with Crippen molar-refractivity contribution in [1.29, 1.82) is 0 Å². The average molecular weight is 325 g/mol. The molecule has 0 fully saturated rings. The molecule has 0 aliphatic heterocycles. The first-order chi connectivity index (χ1) is 9.10. The molecule has 102 valence electrons. The Kier molecular flexibility index (Phi) is 4.77. The van der Waals surface area contributed by atoms with Crippen molar-refractivity contribution in [2.24, 2.45) is 0 Å². The Morgan fingerprint density at radius 3 is 2.89 bits per heavy atom. The second-order valence-electron chi connectivity index (χ2n) is 4.63. The van der Waals surface area contributed by atoms with E-state index in [0.717, 1.165) is 11.0 Å². The molecule has 0 saturated carbocycles. The zero-order valence-electron chi connectivity index (χ0n) is 11.2. The monoisotopic (exact) mass is 324 g/mol. The van der Waals surface area contributed by atoms with Crippen molar-refractivity contribution < 1.29 is 4.39 Å². The summed E-state index contributed by atoms with van der Waals surface area (Å²) in [6.45, 7) is 5.70. The Morgan fingerprint density at radius 2 is 2.16 bits per heavy atom. The maximum absolute atomic E-state index is 13.7. The van der Waals surface area contributed by atoms with E-state index in [9.17, 15) is 4.39 Å². The standard InChI is InChI=1S/C15H18BrFN2/c1-3-18-11(2)12-6-7-19(9-12)10-13-8-14(16)4-5-15(13)17/h4-9,11,18H,3,10H2,1-2H3. The molecule has 0 aliphatic carbocycles. The second-order valence-corrected chi connectivity index (χ2v) is 5.55. The van der Waals surface area contributed by atoms with E-state index < -0.39 is 0 Å². The molecular formula is C15H18BrFN2. The third kappa shape index (κ3) is 3.67. The summed E-state index contributed by atoms with van der Waals surface area (Å²) < 4.78 is 16.6. The first-order valence-corrected chi connectivity index (χ1v) is 7.22. The highest BCUT2D eigenvalue weighted by Crippen LogP contribution is 2.18. The molecule has 1 aromatic heterocycles. The Morgan fingerprint density at radius 1 is 1.37 bits per heavy atom. The molecule has 2 aromatic rings. The number of hydrogen-bond acceptors (Lipinski definition) is 1. The normalized spacial score (nSPS) is 12.6. The molecule has 1 unspecified atom stereocenters. The van der Waals surface area contributed by atoms with Crippen molar-refractivity contribution in [3.05, 3.63) is 58.1 Å². The quantitative estimate of drug-likeness (QED) is 0.875. The molecule has 0 radical (unpaired) electrons. The van der Waals surface area contributed by atoms with Crippen LogP contribution in [0.5, 0.6) is 0 Å². The molecule has 1 atom stereocenters. The molecule has 4 heteroatoms. The van der Waals surface area contributed by atoms with Gasteiger partial charge in [0.15, 0.2) is 0 Å². The van der Waals surface area contributed by atoms with Gasteiger partial charge in [-0.2, -0.15) is 0 Å². The smallest absolute Gasteiger partial charge is 0.128 e. The fourth-order valence-electron chi connectivity index (χ4n) is 2.10. The van der Waals surface area contributed by atoms with Crippen LogP contribution in [-0.2, 0) is 6.54 Å². The summed E-state index contributed by atoms with van der Waals surface area (Å²) in [6.07, 6.45) is 4.05. The summed E-state index contributed by atoms with van der Waals surface area (Å²) >= 11 is 3.37. The molecule has 0 spiro atoms. The van der Waals surface area contributed by atoms with Crippen LogP contribution in [0.3, 0.4) is 0 Å². The highest BCUT2D eigenvalue weighted by molar-refractivity contribution is 9.10. The van der Waals surface area contributed by atoms with E-state index in [0.29, 0.717) is 18.2 Å². The minimum atomic E-state index is -0.168. The lowest BCUT2D eigenvalue weighted by atomic mass is 10.2. The van der Waals surface area contributed by atoms with Gasteiger partial charge in [-0.15, -0.1) is 0 Å². The van der Waals surface area contributed by atoms with Crippen molar-refractivity contribution in [2.45, 2.75) is 26.4 Å². The first kappa shape index (κ1) is 14.3. The number of benzene rings is 1. The molecule has 0 bridgehead atoms. The van der Waals surface area contributed by atoms with E-state index in [-0.39, 0.29) is 5.82 Å². The van der Waals surface area contributed by atoms with Gasteiger partial charge in [-0.25, -0.2) is 4.39 Å². The summed E-state index contributed by atoms with van der Waals surface area (Å²) in [7, 11) is 0. The second kappa shape index (κ2) is 6.35. The number of nitrogens with one attached hydrogen (secondary N) is 1. The maximum Gasteiger partial charge on any atom is 0.128 e. The third-order valence-electron chi connectivity index (χ3n) is 3.14. The van der Waals surface area contributed by atoms with Gasteiger partial charge in [0, 0.05) is 35.0 Å². The van der Waals surface area contributed by atoms with Crippen molar-refractivity contribution in [1.82, 2.24) is 9.88 Å². The molecule has 1 N–H and O–H groups in total. The zero-order chi connectivity index (χ0) is 13.8. The molecule has 1 heterocycles. The highest BCUT2D eigenvalue weighted by atomic mass is 79.9. The van der Waals surface area contributed by atoms with Gasteiger partial charge in [0.05, 0.1) is 0 Å². The molecule has 0 saturated heterocycles. The van der Waals surface area contributed by atoms with Crippen molar-refractivity contribution in [2.75, 3.05) is 6.54 Å². The summed E-state index contributed by atoms with van der Waals surface area (Å²) in [5.74, 6) is -0.168. The highest BCUT2D eigenvalue weighted by Gasteiger charge is 2.07. The number of hydrogen-bond donors (Lipinski definition) is 1. The van der Waals surface area contributed by atoms with Crippen molar-refractivity contribution >= 4 is 15.9 Å². The van der Waals surface area contributed by atoms with Gasteiger partial charge in [0.1, 0.15) is 5.82 Å². The predicted octanol–water partition coefficient (Wildman–Crippen LogP) is 4.11. The predicted molar refractivity (Wildman–Crippen MR) is 79.7 cm³/mol. The largest absolute Gasteiger partial charge is 0.349 e. The Balaban J connectivity index is 2.13. The average Bonchev–Trinajstić information content (AvgIpc) is 2.83. The van der Waals surface area contributed by atoms with Crippen LogP contribution < -0.4 is 5.32 Å². The Labute approximate surface area is 121 Å².